The molecule has 1 saturated heterocycles. The first kappa shape index (κ1) is 15.3. The second-order valence-corrected chi connectivity index (χ2v) is 6.41. The first-order valence-corrected chi connectivity index (χ1v) is 8.52. The fourth-order valence-corrected chi connectivity index (χ4v) is 3.71. The molecule has 0 aromatic heterocycles. The summed E-state index contributed by atoms with van der Waals surface area (Å²) in [6.07, 6.45) is 4.70. The van der Waals surface area contributed by atoms with Gasteiger partial charge in [0.25, 0.3) is 0 Å². The third kappa shape index (κ3) is 3.27. The van der Waals surface area contributed by atoms with Crippen LogP contribution in [0.2, 0.25) is 0 Å². The molecule has 0 spiro atoms. The predicted molar refractivity (Wildman–Crippen MR) is 88.1 cm³/mol. The van der Waals surface area contributed by atoms with Crippen LogP contribution in [0.15, 0.2) is 24.3 Å². The van der Waals surface area contributed by atoms with Crippen molar-refractivity contribution < 1.29 is 9.90 Å². The Morgan fingerprint density at radius 1 is 1.14 bits per heavy atom. The van der Waals surface area contributed by atoms with Crippen molar-refractivity contribution in [3.63, 3.8) is 0 Å². The van der Waals surface area contributed by atoms with Gasteiger partial charge in [-0.1, -0.05) is 18.2 Å². The molecule has 0 saturated carbocycles. The second kappa shape index (κ2) is 7.14. The number of carbonyl (C=O) groups excluding carboxylic acids is 1. The summed E-state index contributed by atoms with van der Waals surface area (Å²) in [4.78, 5) is 16.2. The summed E-state index contributed by atoms with van der Waals surface area (Å²) in [5, 5.41) is 8.96. The van der Waals surface area contributed by atoms with Gasteiger partial charge in [-0.15, -0.1) is 0 Å². The van der Waals surface area contributed by atoms with Gasteiger partial charge in [0, 0.05) is 50.8 Å². The summed E-state index contributed by atoms with van der Waals surface area (Å²) >= 11 is 0. The fourth-order valence-electron chi connectivity index (χ4n) is 3.71. The van der Waals surface area contributed by atoms with Crippen LogP contribution in [0.5, 0.6) is 0 Å². The Kier molecular flexibility index (Phi) is 4.98. The minimum atomic E-state index is 0.274. The average molecular weight is 302 g/mol. The van der Waals surface area contributed by atoms with E-state index in [9.17, 15) is 4.79 Å². The van der Waals surface area contributed by atoms with Crippen molar-refractivity contribution in [2.45, 2.75) is 38.0 Å². The highest BCUT2D eigenvalue weighted by molar-refractivity contribution is 5.78. The van der Waals surface area contributed by atoms with E-state index in [0.717, 1.165) is 58.3 Å². The maximum atomic E-state index is 11.8. The van der Waals surface area contributed by atoms with Gasteiger partial charge in [0.1, 0.15) is 0 Å². The van der Waals surface area contributed by atoms with Gasteiger partial charge in [-0.2, -0.15) is 0 Å². The molecule has 4 heteroatoms. The van der Waals surface area contributed by atoms with Gasteiger partial charge in [0.15, 0.2) is 0 Å². The number of hydrogen-bond acceptors (Lipinski definition) is 3. The zero-order valence-corrected chi connectivity index (χ0v) is 13.2. The number of carbonyl (C=O) groups is 1. The Morgan fingerprint density at radius 3 is 2.77 bits per heavy atom. The van der Waals surface area contributed by atoms with Crippen molar-refractivity contribution in [1.29, 1.82) is 0 Å². The largest absolute Gasteiger partial charge is 0.396 e. The lowest BCUT2D eigenvalue weighted by Gasteiger charge is -2.21. The molecule has 22 heavy (non-hydrogen) atoms. The summed E-state index contributed by atoms with van der Waals surface area (Å²) in [5.74, 6) is 0.852. The smallest absolute Gasteiger partial charge is 0.222 e. The number of likely N-dealkylation sites (tertiary alicyclic amines) is 1. The van der Waals surface area contributed by atoms with Crippen LogP contribution in [0.3, 0.4) is 0 Å². The van der Waals surface area contributed by atoms with Crippen molar-refractivity contribution in [3.05, 3.63) is 29.8 Å². The molecule has 0 radical (unpaired) electrons. The molecule has 3 rings (SSSR count). The minimum Gasteiger partial charge on any atom is -0.396 e. The minimum absolute atomic E-state index is 0.274. The maximum Gasteiger partial charge on any atom is 0.222 e. The summed E-state index contributed by atoms with van der Waals surface area (Å²) in [5.41, 5.74) is 2.77. The van der Waals surface area contributed by atoms with Gasteiger partial charge >= 0.3 is 0 Å². The molecule has 2 aliphatic heterocycles. The lowest BCUT2D eigenvalue weighted by atomic mass is 9.98. The van der Waals surface area contributed by atoms with Crippen molar-refractivity contribution in [1.82, 2.24) is 4.90 Å². The Morgan fingerprint density at radius 2 is 2.00 bits per heavy atom. The third-order valence-corrected chi connectivity index (χ3v) is 4.91. The lowest BCUT2D eigenvalue weighted by Crippen LogP contribution is -2.28. The Labute approximate surface area is 132 Å². The normalized spacial score (nSPS) is 20.8. The van der Waals surface area contributed by atoms with Crippen LogP contribution in [0.4, 0.5) is 5.69 Å². The quantitative estimate of drug-likeness (QED) is 0.787. The van der Waals surface area contributed by atoms with Crippen LogP contribution in [0.25, 0.3) is 0 Å². The summed E-state index contributed by atoms with van der Waals surface area (Å²) in [6, 6.07) is 8.65. The monoisotopic (exact) mass is 302 g/mol. The van der Waals surface area contributed by atoms with Crippen molar-refractivity contribution in [2.75, 3.05) is 37.7 Å². The zero-order chi connectivity index (χ0) is 15.4. The second-order valence-electron chi connectivity index (χ2n) is 6.41. The number of para-hydroxylation sites is 1. The fraction of sp³-hybridized carbons (Fsp3) is 0.611. The SMILES string of the molecule is O=C1CCCN1CCC1CN(CCCCO)c2ccccc21. The van der Waals surface area contributed by atoms with E-state index in [0.29, 0.717) is 11.8 Å². The van der Waals surface area contributed by atoms with E-state index in [1.54, 1.807) is 0 Å². The molecule has 1 aromatic carbocycles. The molecule has 0 aliphatic carbocycles. The van der Waals surface area contributed by atoms with E-state index < -0.39 is 0 Å². The number of fused-ring (bicyclic) bond motifs is 1. The van der Waals surface area contributed by atoms with Gasteiger partial charge in [-0.05, 0) is 37.3 Å². The van der Waals surface area contributed by atoms with Crippen molar-refractivity contribution in [3.8, 4) is 0 Å². The standard InChI is InChI=1S/C18H26N2O2/c21-13-4-3-10-20-14-15(16-6-1-2-7-17(16)20)9-12-19-11-5-8-18(19)22/h1-2,6-7,15,21H,3-5,8-14H2. The highest BCUT2D eigenvalue weighted by atomic mass is 16.2. The molecule has 1 amide bonds. The number of anilines is 1. The van der Waals surface area contributed by atoms with Gasteiger partial charge in [0.05, 0.1) is 0 Å². The number of unbranched alkanes of at least 4 members (excludes halogenated alkanes) is 1. The van der Waals surface area contributed by atoms with Gasteiger partial charge in [-0.25, -0.2) is 0 Å². The average Bonchev–Trinajstić information content (AvgIpc) is 3.10. The van der Waals surface area contributed by atoms with Gasteiger partial charge in [-0.3, -0.25) is 4.79 Å². The number of hydrogen-bond donors (Lipinski definition) is 1. The van der Waals surface area contributed by atoms with E-state index >= 15 is 0 Å². The number of aliphatic hydroxyl groups excluding tert-OH is 1. The number of rotatable bonds is 7. The topological polar surface area (TPSA) is 43.8 Å². The van der Waals surface area contributed by atoms with Crippen LogP contribution < -0.4 is 4.90 Å². The van der Waals surface area contributed by atoms with Crippen LogP contribution in [-0.4, -0.2) is 48.7 Å². The first-order chi connectivity index (χ1) is 10.8. The Balaban J connectivity index is 1.61. The van der Waals surface area contributed by atoms with Crippen LogP contribution in [0.1, 0.15) is 43.6 Å². The molecule has 2 aliphatic rings. The van der Waals surface area contributed by atoms with Crippen LogP contribution in [-0.2, 0) is 4.79 Å². The molecule has 0 bridgehead atoms. The number of amides is 1. The van der Waals surface area contributed by atoms with Gasteiger partial charge in [0.2, 0.25) is 5.91 Å². The molecule has 1 fully saturated rings. The van der Waals surface area contributed by atoms with E-state index in [1.807, 2.05) is 4.90 Å². The highest BCUT2D eigenvalue weighted by Gasteiger charge is 2.29. The molecule has 1 N–H and O–H groups in total. The van der Waals surface area contributed by atoms with Crippen LogP contribution >= 0.6 is 0 Å². The van der Waals surface area contributed by atoms with E-state index in [4.69, 9.17) is 5.11 Å². The van der Waals surface area contributed by atoms with E-state index in [1.165, 1.54) is 11.3 Å². The van der Waals surface area contributed by atoms with Crippen molar-refractivity contribution in [2.24, 2.45) is 0 Å². The summed E-state index contributed by atoms with van der Waals surface area (Å²) in [6.45, 7) is 4.16. The van der Waals surface area contributed by atoms with Crippen LogP contribution in [0, 0.1) is 0 Å². The zero-order valence-electron chi connectivity index (χ0n) is 13.2. The molecule has 1 aromatic rings. The molecule has 1 atom stereocenters. The first-order valence-electron chi connectivity index (χ1n) is 8.52. The molecule has 2 heterocycles. The summed E-state index contributed by atoms with van der Waals surface area (Å²) < 4.78 is 0. The lowest BCUT2D eigenvalue weighted by molar-refractivity contribution is -0.127. The predicted octanol–water partition coefficient (Wildman–Crippen LogP) is 2.38. The van der Waals surface area contributed by atoms with E-state index in [2.05, 4.69) is 29.2 Å². The third-order valence-electron chi connectivity index (χ3n) is 4.91. The molecular formula is C18H26N2O2. The molecule has 1 unspecified atom stereocenters. The number of benzene rings is 1. The molecule has 120 valence electrons. The maximum absolute atomic E-state index is 11.8. The Bertz CT molecular complexity index is 518. The van der Waals surface area contributed by atoms with Crippen molar-refractivity contribution >= 4 is 11.6 Å². The highest BCUT2D eigenvalue weighted by Crippen LogP contribution is 2.38. The molecule has 4 nitrogen and oxygen atoms in total. The van der Waals surface area contributed by atoms with Gasteiger partial charge < -0.3 is 14.9 Å². The van der Waals surface area contributed by atoms with E-state index in [-0.39, 0.29) is 6.61 Å². The Hall–Kier alpha value is -1.55. The summed E-state index contributed by atoms with van der Waals surface area (Å²) in [7, 11) is 0. The number of nitrogens with zero attached hydrogens (tertiary/aromatic N) is 2. The molecular weight excluding hydrogens is 276 g/mol. The number of aliphatic hydroxyl groups is 1.